The van der Waals surface area contributed by atoms with Gasteiger partial charge in [-0.05, 0) is 43.3 Å². The molecular formula is C18H16N4O2S2. The molecule has 0 unspecified atom stereocenters. The van der Waals surface area contributed by atoms with Crippen LogP contribution < -0.4 is 10.9 Å². The Balaban J connectivity index is 1.64. The summed E-state index contributed by atoms with van der Waals surface area (Å²) in [5, 5.41) is 5.88. The van der Waals surface area contributed by atoms with Crippen molar-refractivity contribution >= 4 is 45.5 Å². The number of nitrogens with zero attached hydrogens (tertiary/aromatic N) is 2. The van der Waals surface area contributed by atoms with E-state index < -0.39 is 0 Å². The number of allylic oxidation sites excluding steroid dienone is 1. The van der Waals surface area contributed by atoms with Gasteiger partial charge in [0.1, 0.15) is 0 Å². The molecule has 8 heteroatoms. The minimum Gasteiger partial charge on any atom is -0.332 e. The van der Waals surface area contributed by atoms with Gasteiger partial charge in [-0.3, -0.25) is 19.5 Å². The number of carbonyl (C=O) groups is 1. The van der Waals surface area contributed by atoms with E-state index in [2.05, 4.69) is 21.9 Å². The molecule has 132 valence electrons. The van der Waals surface area contributed by atoms with Crippen LogP contribution in [0.4, 0.5) is 5.13 Å². The number of hydrogen-bond donors (Lipinski definition) is 2. The van der Waals surface area contributed by atoms with Crippen molar-refractivity contribution in [3.05, 3.63) is 62.6 Å². The number of benzene rings is 1. The van der Waals surface area contributed by atoms with Crippen LogP contribution in [0.15, 0.2) is 41.0 Å². The molecule has 1 amide bonds. The van der Waals surface area contributed by atoms with E-state index in [0.29, 0.717) is 38.8 Å². The largest absolute Gasteiger partial charge is 0.332 e. The van der Waals surface area contributed by atoms with Gasteiger partial charge in [0.2, 0.25) is 0 Å². The van der Waals surface area contributed by atoms with Crippen LogP contribution in [-0.4, -0.2) is 20.4 Å². The fraction of sp³-hybridized carbons (Fsp3) is 0.222. The van der Waals surface area contributed by atoms with Crippen molar-refractivity contribution in [2.24, 2.45) is 0 Å². The van der Waals surface area contributed by atoms with Gasteiger partial charge in [0.15, 0.2) is 9.90 Å². The minimum absolute atomic E-state index is 0.204. The standard InChI is InChI=1S/C18H16N4O2S2/c1-2-7-22-16(24)12-6-5-11(8-13(12)20-18(22)25)15(23)21-17-19-14(9-26-17)10-3-4-10/h2,5-6,8-10H,1,3-4,7H2,(H,20,25)(H,19,21,23). The van der Waals surface area contributed by atoms with Gasteiger partial charge >= 0.3 is 0 Å². The summed E-state index contributed by atoms with van der Waals surface area (Å²) >= 11 is 6.66. The fourth-order valence-electron chi connectivity index (χ4n) is 2.77. The second-order valence-corrected chi connectivity index (χ2v) is 7.45. The molecular weight excluding hydrogens is 368 g/mol. The molecule has 0 aliphatic heterocycles. The molecule has 0 bridgehead atoms. The zero-order valence-electron chi connectivity index (χ0n) is 13.8. The summed E-state index contributed by atoms with van der Waals surface area (Å²) in [6, 6.07) is 4.90. The Morgan fingerprint density at radius 1 is 1.50 bits per heavy atom. The number of amides is 1. The summed E-state index contributed by atoms with van der Waals surface area (Å²) in [5.74, 6) is 0.286. The summed E-state index contributed by atoms with van der Waals surface area (Å²) in [4.78, 5) is 32.5. The van der Waals surface area contributed by atoms with Crippen molar-refractivity contribution in [1.82, 2.24) is 14.5 Å². The molecule has 4 rings (SSSR count). The quantitative estimate of drug-likeness (QED) is 0.517. The maximum atomic E-state index is 12.5. The smallest absolute Gasteiger partial charge is 0.262 e. The average Bonchev–Trinajstić information content (AvgIpc) is 3.38. The maximum absolute atomic E-state index is 12.5. The van der Waals surface area contributed by atoms with Crippen molar-refractivity contribution in [2.45, 2.75) is 25.3 Å². The first-order valence-electron chi connectivity index (χ1n) is 8.21. The lowest BCUT2D eigenvalue weighted by atomic mass is 10.1. The maximum Gasteiger partial charge on any atom is 0.262 e. The number of fused-ring (bicyclic) bond motifs is 1. The van der Waals surface area contributed by atoms with Gasteiger partial charge in [0.25, 0.3) is 11.5 Å². The summed E-state index contributed by atoms with van der Waals surface area (Å²) in [7, 11) is 0. The minimum atomic E-state index is -0.266. The van der Waals surface area contributed by atoms with Crippen LogP contribution >= 0.6 is 23.6 Å². The van der Waals surface area contributed by atoms with E-state index in [9.17, 15) is 9.59 Å². The van der Waals surface area contributed by atoms with E-state index in [1.165, 1.54) is 28.7 Å². The van der Waals surface area contributed by atoms with Crippen LogP contribution in [-0.2, 0) is 6.54 Å². The molecule has 2 heterocycles. The highest BCUT2D eigenvalue weighted by molar-refractivity contribution is 7.71. The van der Waals surface area contributed by atoms with Gasteiger partial charge in [-0.2, -0.15) is 0 Å². The molecule has 1 aromatic carbocycles. The summed E-state index contributed by atoms with van der Waals surface area (Å²) in [6.45, 7) is 3.97. The number of carbonyl (C=O) groups excluding carboxylic acids is 1. The van der Waals surface area contributed by atoms with Crippen molar-refractivity contribution in [3.8, 4) is 0 Å². The highest BCUT2D eigenvalue weighted by Gasteiger charge is 2.26. The topological polar surface area (TPSA) is 79.8 Å². The molecule has 1 fully saturated rings. The number of thiazole rings is 1. The highest BCUT2D eigenvalue weighted by Crippen LogP contribution is 2.40. The molecule has 6 nitrogen and oxygen atoms in total. The van der Waals surface area contributed by atoms with Crippen LogP contribution in [0.5, 0.6) is 0 Å². The van der Waals surface area contributed by atoms with E-state index >= 15 is 0 Å². The third kappa shape index (κ3) is 3.13. The molecule has 26 heavy (non-hydrogen) atoms. The first kappa shape index (κ1) is 16.9. The van der Waals surface area contributed by atoms with E-state index in [1.807, 2.05) is 5.38 Å². The number of H-pyrrole nitrogens is 1. The zero-order valence-corrected chi connectivity index (χ0v) is 15.5. The SMILES string of the molecule is C=CCn1c(=S)[nH]c2cc(C(=O)Nc3nc(C4CC4)cs3)ccc2c1=O. The van der Waals surface area contributed by atoms with Crippen LogP contribution in [0.25, 0.3) is 10.9 Å². The van der Waals surface area contributed by atoms with Gasteiger partial charge in [-0.1, -0.05) is 6.08 Å². The van der Waals surface area contributed by atoms with E-state index in [1.54, 1.807) is 24.3 Å². The normalized spacial score (nSPS) is 13.7. The third-order valence-corrected chi connectivity index (χ3v) is 5.39. The van der Waals surface area contributed by atoms with Gasteiger partial charge < -0.3 is 4.98 Å². The second-order valence-electron chi connectivity index (χ2n) is 6.20. The number of rotatable bonds is 5. The molecule has 0 spiro atoms. The Morgan fingerprint density at radius 3 is 3.04 bits per heavy atom. The Bertz CT molecular complexity index is 1140. The number of aromatic nitrogens is 3. The van der Waals surface area contributed by atoms with Crippen LogP contribution in [0.3, 0.4) is 0 Å². The molecule has 2 aromatic heterocycles. The number of nitrogens with one attached hydrogen (secondary N) is 2. The summed E-state index contributed by atoms with van der Waals surface area (Å²) < 4.78 is 1.73. The first-order valence-corrected chi connectivity index (χ1v) is 9.50. The molecule has 3 aromatic rings. The van der Waals surface area contributed by atoms with Crippen molar-refractivity contribution in [1.29, 1.82) is 0 Å². The molecule has 0 radical (unpaired) electrons. The zero-order chi connectivity index (χ0) is 18.3. The molecule has 0 atom stereocenters. The van der Waals surface area contributed by atoms with Crippen LogP contribution in [0.2, 0.25) is 0 Å². The van der Waals surface area contributed by atoms with Gasteiger partial charge in [0.05, 0.1) is 16.6 Å². The third-order valence-electron chi connectivity index (χ3n) is 4.29. The van der Waals surface area contributed by atoms with Crippen LogP contribution in [0.1, 0.15) is 34.8 Å². The predicted molar refractivity (Wildman–Crippen MR) is 106 cm³/mol. The van der Waals surface area contributed by atoms with Crippen molar-refractivity contribution in [2.75, 3.05) is 5.32 Å². The monoisotopic (exact) mass is 384 g/mol. The number of aromatic amines is 1. The number of hydrogen-bond acceptors (Lipinski definition) is 5. The molecule has 1 saturated carbocycles. The Hall–Kier alpha value is -2.58. The summed E-state index contributed by atoms with van der Waals surface area (Å²) in [5.41, 5.74) is 1.82. The lowest BCUT2D eigenvalue weighted by Gasteiger charge is -2.07. The number of anilines is 1. The van der Waals surface area contributed by atoms with Crippen molar-refractivity contribution < 1.29 is 4.79 Å². The predicted octanol–water partition coefficient (Wildman–Crippen LogP) is 3.83. The molecule has 0 saturated heterocycles. The average molecular weight is 384 g/mol. The summed E-state index contributed by atoms with van der Waals surface area (Å²) in [6.07, 6.45) is 3.96. The van der Waals surface area contributed by atoms with E-state index in [-0.39, 0.29) is 11.5 Å². The van der Waals surface area contributed by atoms with E-state index in [4.69, 9.17) is 12.2 Å². The second kappa shape index (κ2) is 6.62. The lowest BCUT2D eigenvalue weighted by molar-refractivity contribution is 0.102. The van der Waals surface area contributed by atoms with Crippen molar-refractivity contribution in [3.63, 3.8) is 0 Å². The Morgan fingerprint density at radius 2 is 2.31 bits per heavy atom. The van der Waals surface area contributed by atoms with Gasteiger partial charge in [-0.15, -0.1) is 17.9 Å². The Labute approximate surface area is 158 Å². The highest BCUT2D eigenvalue weighted by atomic mass is 32.1. The lowest BCUT2D eigenvalue weighted by Crippen LogP contribution is -2.22. The molecule has 1 aliphatic rings. The first-order chi connectivity index (χ1) is 12.6. The molecule has 1 aliphatic carbocycles. The molecule has 2 N–H and O–H groups in total. The van der Waals surface area contributed by atoms with Gasteiger partial charge in [-0.25, -0.2) is 4.98 Å². The Kier molecular flexibility index (Phi) is 4.29. The fourth-order valence-corrected chi connectivity index (χ4v) is 3.82. The van der Waals surface area contributed by atoms with Gasteiger partial charge in [0, 0.05) is 23.4 Å². The van der Waals surface area contributed by atoms with Crippen LogP contribution in [0, 0.1) is 4.77 Å². The van der Waals surface area contributed by atoms with E-state index in [0.717, 1.165) is 5.69 Å².